The quantitative estimate of drug-likeness (QED) is 0.0488. The summed E-state index contributed by atoms with van der Waals surface area (Å²) in [5, 5.41) is 10.7. The summed E-state index contributed by atoms with van der Waals surface area (Å²) in [7, 11) is -3.63. The van der Waals surface area contributed by atoms with Crippen LogP contribution in [0.25, 0.3) is 11.1 Å². The molecule has 65 heavy (non-hydrogen) atoms. The van der Waals surface area contributed by atoms with Crippen molar-refractivity contribution in [2.24, 2.45) is 17.3 Å². The van der Waals surface area contributed by atoms with Crippen LogP contribution in [0.1, 0.15) is 92.0 Å². The highest BCUT2D eigenvalue weighted by molar-refractivity contribution is 7.99. The summed E-state index contributed by atoms with van der Waals surface area (Å²) >= 11 is 5.82. The number of hydrogen-bond acceptors (Lipinski definition) is 12. The van der Waals surface area contributed by atoms with E-state index in [1.165, 1.54) is 4.90 Å². The lowest BCUT2D eigenvalue weighted by Gasteiger charge is -2.32. The van der Waals surface area contributed by atoms with Crippen LogP contribution in [0, 0.1) is 58.8 Å². The Bertz CT molecular complexity index is 2460. The maximum Gasteiger partial charge on any atom is 0.342 e. The van der Waals surface area contributed by atoms with Gasteiger partial charge in [-0.2, -0.15) is 8.42 Å². The number of aryl methyl sites for hydroxylation is 6. The van der Waals surface area contributed by atoms with Crippen molar-refractivity contribution in [1.29, 1.82) is 0 Å². The average Bonchev–Trinajstić information content (AvgIpc) is 3.20. The largest absolute Gasteiger partial charge is 0.511 e. The number of carbonyl (C=O) groups excluding carboxylic acids is 3. The molecule has 4 unspecified atom stereocenters. The lowest BCUT2D eigenvalue weighted by Crippen LogP contribution is -2.35. The highest BCUT2D eigenvalue weighted by Gasteiger charge is 2.38. The third-order valence-corrected chi connectivity index (χ3v) is 12.9. The number of esters is 3. The molecule has 0 radical (unpaired) electrons. The van der Waals surface area contributed by atoms with Gasteiger partial charge in [0.1, 0.15) is 34.9 Å². The first-order valence-electron chi connectivity index (χ1n) is 21.6. The van der Waals surface area contributed by atoms with Gasteiger partial charge in [-0.3, -0.25) is 8.98 Å². The van der Waals surface area contributed by atoms with Gasteiger partial charge >= 0.3 is 17.9 Å². The van der Waals surface area contributed by atoms with Crippen molar-refractivity contribution in [2.75, 3.05) is 18.6 Å². The summed E-state index contributed by atoms with van der Waals surface area (Å²) in [5.74, 6) is -0.565. The van der Waals surface area contributed by atoms with Gasteiger partial charge in [0.2, 0.25) is 0 Å². The number of aliphatic hydroxyl groups is 1. The molecule has 0 saturated carbocycles. The molecule has 4 aromatic carbocycles. The predicted molar refractivity (Wildman–Crippen MR) is 262 cm³/mol. The minimum atomic E-state index is -3.63. The van der Waals surface area contributed by atoms with Crippen molar-refractivity contribution in [1.82, 2.24) is 0 Å². The Labute approximate surface area is 395 Å². The van der Waals surface area contributed by atoms with Crippen LogP contribution in [0.5, 0.6) is 0 Å². The lowest BCUT2D eigenvalue weighted by molar-refractivity contribution is -0.153. The number of rotatable bonds is 11. The maximum absolute atomic E-state index is 13.1. The van der Waals surface area contributed by atoms with Crippen molar-refractivity contribution in [3.8, 4) is 0 Å². The summed E-state index contributed by atoms with van der Waals surface area (Å²) in [6, 6.07) is 27.9. The smallest absolute Gasteiger partial charge is 0.342 e. The van der Waals surface area contributed by atoms with Gasteiger partial charge in [0.05, 0.1) is 18.3 Å². The second-order valence-electron chi connectivity index (χ2n) is 18.0. The van der Waals surface area contributed by atoms with Crippen LogP contribution in [0.3, 0.4) is 0 Å². The van der Waals surface area contributed by atoms with Gasteiger partial charge in [-0.25, -0.2) is 9.59 Å². The molecule has 2 aliphatic rings. The molecule has 350 valence electrons. The molecule has 0 aliphatic carbocycles. The summed E-state index contributed by atoms with van der Waals surface area (Å²) in [6.07, 6.45) is 0.480. The summed E-state index contributed by atoms with van der Waals surface area (Å²) in [4.78, 5) is 40.7. The topological polar surface area (TPSA) is 143 Å². The molecule has 0 saturated heterocycles. The second-order valence-corrected chi connectivity index (χ2v) is 21.3. The molecule has 4 atom stereocenters. The summed E-state index contributed by atoms with van der Waals surface area (Å²) in [6.45, 7) is 20.6. The highest BCUT2D eigenvalue weighted by Crippen LogP contribution is 2.38. The SMILES string of the molecule is Cc1cc(C)c(C2=C(O)CC(C(C)CSc3ccccc3)OC2=O)c(C)c1.Cc1cc(C)c(C2=C(OC(=O)C(C)(C)C)CC(C(C)COS(C)(=O)=O)OC2=O)c(C)c1.Sc1ccccc1. The van der Waals surface area contributed by atoms with E-state index in [1.54, 1.807) is 39.5 Å². The van der Waals surface area contributed by atoms with E-state index in [-0.39, 0.29) is 42.1 Å². The van der Waals surface area contributed by atoms with Crippen molar-refractivity contribution in [2.45, 2.75) is 111 Å². The van der Waals surface area contributed by atoms with Crippen LogP contribution in [0.15, 0.2) is 106 Å². The van der Waals surface area contributed by atoms with Gasteiger partial charge < -0.3 is 19.3 Å². The van der Waals surface area contributed by atoms with E-state index >= 15 is 0 Å². The average molecular weight is 945 g/mol. The lowest BCUT2D eigenvalue weighted by atomic mass is 9.88. The van der Waals surface area contributed by atoms with Gasteiger partial charge in [-0.15, -0.1) is 24.4 Å². The number of thiol groups is 1. The van der Waals surface area contributed by atoms with Gasteiger partial charge in [0, 0.05) is 40.2 Å². The first kappa shape index (κ1) is 52.8. The molecule has 13 heteroatoms. The van der Waals surface area contributed by atoms with E-state index in [1.807, 2.05) is 114 Å². The predicted octanol–water partition coefficient (Wildman–Crippen LogP) is 11.4. The molecule has 4 aromatic rings. The van der Waals surface area contributed by atoms with Crippen LogP contribution in [-0.4, -0.2) is 62.3 Å². The third kappa shape index (κ3) is 15.4. The number of cyclic esters (lactones) is 2. The Hall–Kier alpha value is -4.82. The Kier molecular flexibility index (Phi) is 18.7. The number of thioether (sulfide) groups is 1. The molecule has 0 spiro atoms. The van der Waals surface area contributed by atoms with E-state index in [9.17, 15) is 27.9 Å². The molecule has 2 aliphatic heterocycles. The zero-order chi connectivity index (χ0) is 48.4. The molecule has 0 fully saturated rings. The standard InChI is InChI=1S/C23H32O7S.C23H26O3S.C6H6S/c1-13-9-14(2)19(15(3)10-13)20-18(30-22(25)23(5,6)7)11-17(29-21(20)24)16(4)12-28-31(8,26)27;1-14-10-15(2)21(16(3)11-14)22-19(24)12-20(26-23(22)25)17(4)13-27-18-8-6-5-7-9-18;7-6-4-2-1-3-5-6/h9-10,16-17H,11-12H2,1-8H3;5-11,17,20,24H,12-13H2,1-4H3;1-5,7H. The molecule has 6 rings (SSSR count). The molecule has 10 nitrogen and oxygen atoms in total. The van der Waals surface area contributed by atoms with Crippen LogP contribution in [-0.2, 0) is 42.9 Å². The fraction of sp³-hybridized carbons (Fsp3) is 0.404. The summed E-state index contributed by atoms with van der Waals surface area (Å²) < 4.78 is 44.7. The Morgan fingerprint density at radius 2 is 1.20 bits per heavy atom. The first-order chi connectivity index (χ1) is 30.4. The molecular weight excluding hydrogens is 881 g/mol. The molecule has 1 N–H and O–H groups in total. The van der Waals surface area contributed by atoms with Crippen LogP contribution < -0.4 is 0 Å². The molecule has 0 bridgehead atoms. The first-order valence-corrected chi connectivity index (χ1v) is 24.8. The third-order valence-electron chi connectivity index (χ3n) is 10.8. The minimum Gasteiger partial charge on any atom is -0.511 e. The normalized spacial score (nSPS) is 17.4. The van der Waals surface area contributed by atoms with Crippen molar-refractivity contribution >= 4 is 63.6 Å². The van der Waals surface area contributed by atoms with Gasteiger partial charge in [-0.05, 0) is 120 Å². The zero-order valence-electron chi connectivity index (χ0n) is 39.6. The van der Waals surface area contributed by atoms with E-state index in [0.29, 0.717) is 17.6 Å². The second kappa shape index (κ2) is 23.1. The van der Waals surface area contributed by atoms with Gasteiger partial charge in [0.25, 0.3) is 10.1 Å². The van der Waals surface area contributed by atoms with Crippen LogP contribution in [0.4, 0.5) is 0 Å². The van der Waals surface area contributed by atoms with Gasteiger partial charge in [-0.1, -0.05) is 85.6 Å². The van der Waals surface area contributed by atoms with Crippen molar-refractivity contribution < 1.29 is 46.3 Å². The van der Waals surface area contributed by atoms with Crippen molar-refractivity contribution in [3.05, 3.63) is 141 Å². The molecule has 0 aromatic heterocycles. The number of aliphatic hydroxyl groups excluding tert-OH is 1. The molecule has 2 heterocycles. The van der Waals surface area contributed by atoms with E-state index in [2.05, 4.69) is 31.7 Å². The Morgan fingerprint density at radius 3 is 1.63 bits per heavy atom. The monoisotopic (exact) mass is 944 g/mol. The fourth-order valence-corrected chi connectivity index (χ4v) is 9.19. The Balaban J connectivity index is 0.000000248. The number of hydrogen-bond donors (Lipinski definition) is 2. The molecule has 0 amide bonds. The van der Waals surface area contributed by atoms with E-state index in [0.717, 1.165) is 55.8 Å². The number of ether oxygens (including phenoxy) is 3. The van der Waals surface area contributed by atoms with Crippen LogP contribution in [0.2, 0.25) is 0 Å². The maximum atomic E-state index is 13.1. The number of benzene rings is 4. The van der Waals surface area contributed by atoms with E-state index < -0.39 is 45.5 Å². The molecular formula is C52H64O10S3. The van der Waals surface area contributed by atoms with Crippen molar-refractivity contribution in [3.63, 3.8) is 0 Å². The Morgan fingerprint density at radius 1 is 0.754 bits per heavy atom. The van der Waals surface area contributed by atoms with E-state index in [4.69, 9.17) is 18.4 Å². The summed E-state index contributed by atoms with van der Waals surface area (Å²) in [5.41, 5.74) is 7.19. The fourth-order valence-electron chi connectivity index (χ4n) is 7.53. The zero-order valence-corrected chi connectivity index (χ0v) is 42.1. The number of carbonyl (C=O) groups is 3. The van der Waals surface area contributed by atoms with Gasteiger partial charge in [0.15, 0.2) is 0 Å². The minimum absolute atomic E-state index is 0.142. The highest BCUT2D eigenvalue weighted by atomic mass is 32.2. The van der Waals surface area contributed by atoms with Crippen LogP contribution >= 0.6 is 24.4 Å².